The highest BCUT2D eigenvalue weighted by Gasteiger charge is 2.19. The van der Waals surface area contributed by atoms with Crippen LogP contribution in [0.25, 0.3) is 17.1 Å². The smallest absolute Gasteiger partial charge is 0.339 e. The molecule has 0 N–H and O–H groups in total. The molecular weight excluding hydrogens is 361 g/mol. The molecule has 0 atom stereocenters. The summed E-state index contributed by atoms with van der Waals surface area (Å²) < 4.78 is 12.9. The van der Waals surface area contributed by atoms with Crippen LogP contribution < -0.4 is 4.74 Å². The Morgan fingerprint density at radius 1 is 1.04 bits per heavy atom. The molecule has 0 unspecified atom stereocenters. The number of nitrogens with zero attached hydrogens (tertiary/aromatic N) is 3. The van der Waals surface area contributed by atoms with Gasteiger partial charge in [0, 0.05) is 16.1 Å². The Bertz CT molecular complexity index is 1060. The second-order valence-corrected chi connectivity index (χ2v) is 6.27. The van der Waals surface area contributed by atoms with Gasteiger partial charge in [0.2, 0.25) is 0 Å². The molecule has 5 nitrogen and oxygen atoms in total. The number of aryl methyl sites for hydroxylation is 1. The quantitative estimate of drug-likeness (QED) is 0.494. The summed E-state index contributed by atoms with van der Waals surface area (Å²) in [5.74, 6) is 1.03. The van der Waals surface area contributed by atoms with Gasteiger partial charge in [-0.15, -0.1) is 10.1 Å². The first kappa shape index (κ1) is 16.0. The maximum Gasteiger partial charge on any atom is 0.339 e. The lowest BCUT2D eigenvalue weighted by atomic mass is 10.1. The van der Waals surface area contributed by atoms with E-state index < -0.39 is 0 Å². The zero-order valence-electron chi connectivity index (χ0n) is 13.2. The number of hydrogen-bond donors (Lipinski definition) is 0. The molecule has 7 heteroatoms. The SMILES string of the molecule is Cc1oc2nc(OCc3ccccc3Cl)nn2c1-c1ccccc1Cl. The highest BCUT2D eigenvalue weighted by molar-refractivity contribution is 6.33. The molecule has 4 rings (SSSR count). The predicted molar refractivity (Wildman–Crippen MR) is 96.2 cm³/mol. The molecule has 126 valence electrons. The van der Waals surface area contributed by atoms with Crippen LogP contribution in [-0.4, -0.2) is 14.6 Å². The second kappa shape index (κ2) is 6.43. The normalized spacial score (nSPS) is 11.2. The topological polar surface area (TPSA) is 52.6 Å². The van der Waals surface area contributed by atoms with Crippen molar-refractivity contribution in [1.82, 2.24) is 14.6 Å². The second-order valence-electron chi connectivity index (χ2n) is 5.46. The molecule has 0 fully saturated rings. The number of oxazole rings is 1. The van der Waals surface area contributed by atoms with E-state index in [2.05, 4.69) is 10.1 Å². The van der Waals surface area contributed by atoms with Gasteiger partial charge in [-0.05, 0) is 19.1 Å². The number of benzene rings is 2. The Hall–Kier alpha value is -2.50. The molecular formula is C18H13Cl2N3O2. The van der Waals surface area contributed by atoms with Gasteiger partial charge in [0.15, 0.2) is 0 Å². The molecule has 2 heterocycles. The highest BCUT2D eigenvalue weighted by Crippen LogP contribution is 2.32. The Morgan fingerprint density at radius 2 is 1.76 bits per heavy atom. The van der Waals surface area contributed by atoms with E-state index in [1.807, 2.05) is 55.5 Å². The van der Waals surface area contributed by atoms with E-state index in [0.717, 1.165) is 16.8 Å². The van der Waals surface area contributed by atoms with Gasteiger partial charge < -0.3 is 9.15 Å². The van der Waals surface area contributed by atoms with Gasteiger partial charge in [-0.3, -0.25) is 0 Å². The summed E-state index contributed by atoms with van der Waals surface area (Å²) in [5, 5.41) is 5.63. The standard InChI is InChI=1S/C18H13Cl2N3O2/c1-11-16(13-7-3-5-9-15(13)20)23-18(25-11)21-17(22-23)24-10-12-6-2-4-8-14(12)19/h2-9H,10H2,1H3. The van der Waals surface area contributed by atoms with Crippen LogP contribution in [0.15, 0.2) is 52.9 Å². The van der Waals surface area contributed by atoms with E-state index in [-0.39, 0.29) is 12.6 Å². The van der Waals surface area contributed by atoms with E-state index in [0.29, 0.717) is 21.6 Å². The molecule has 2 aromatic carbocycles. The summed E-state index contributed by atoms with van der Waals surface area (Å²) in [5.41, 5.74) is 2.43. The third kappa shape index (κ3) is 2.97. The number of aromatic nitrogens is 3. The van der Waals surface area contributed by atoms with Crippen molar-refractivity contribution < 1.29 is 9.15 Å². The number of rotatable bonds is 4. The molecule has 0 aliphatic carbocycles. The molecule has 25 heavy (non-hydrogen) atoms. The van der Waals surface area contributed by atoms with E-state index in [1.54, 1.807) is 4.52 Å². The van der Waals surface area contributed by atoms with Crippen LogP contribution in [-0.2, 0) is 6.61 Å². The van der Waals surface area contributed by atoms with Gasteiger partial charge in [-0.25, -0.2) is 0 Å². The molecule has 0 saturated heterocycles. The fraction of sp³-hybridized carbons (Fsp3) is 0.111. The van der Waals surface area contributed by atoms with E-state index in [1.165, 1.54) is 0 Å². The summed E-state index contributed by atoms with van der Waals surface area (Å²) in [6.07, 6.45) is 0. The minimum Gasteiger partial charge on any atom is -0.457 e. The predicted octanol–water partition coefficient (Wildman–Crippen LogP) is 5.18. The van der Waals surface area contributed by atoms with Gasteiger partial charge in [-0.1, -0.05) is 59.6 Å². The monoisotopic (exact) mass is 373 g/mol. The average Bonchev–Trinajstić information content (AvgIpc) is 3.11. The van der Waals surface area contributed by atoms with Gasteiger partial charge in [0.05, 0.1) is 5.02 Å². The third-order valence-corrected chi connectivity index (χ3v) is 4.49. The fourth-order valence-corrected chi connectivity index (χ4v) is 3.02. The summed E-state index contributed by atoms with van der Waals surface area (Å²) in [6, 6.07) is 15.2. The molecule has 0 aliphatic rings. The van der Waals surface area contributed by atoms with Crippen LogP contribution in [0.1, 0.15) is 11.3 Å². The molecule has 0 saturated carbocycles. The molecule has 0 amide bonds. The van der Waals surface area contributed by atoms with Gasteiger partial charge >= 0.3 is 11.9 Å². The zero-order valence-corrected chi connectivity index (χ0v) is 14.8. The van der Waals surface area contributed by atoms with E-state index in [4.69, 9.17) is 32.4 Å². The van der Waals surface area contributed by atoms with Crippen molar-refractivity contribution in [2.45, 2.75) is 13.5 Å². The number of halogens is 2. The number of fused-ring (bicyclic) bond motifs is 1. The van der Waals surface area contributed by atoms with Crippen LogP contribution in [0.3, 0.4) is 0 Å². The van der Waals surface area contributed by atoms with Crippen LogP contribution >= 0.6 is 23.2 Å². The maximum atomic E-state index is 6.30. The molecule has 0 spiro atoms. The van der Waals surface area contributed by atoms with E-state index in [9.17, 15) is 0 Å². The van der Waals surface area contributed by atoms with Crippen molar-refractivity contribution >= 4 is 29.0 Å². The van der Waals surface area contributed by atoms with Gasteiger partial charge in [0.1, 0.15) is 18.1 Å². The molecule has 0 radical (unpaired) electrons. The van der Waals surface area contributed by atoms with Crippen LogP contribution in [0.5, 0.6) is 6.01 Å². The molecule has 0 aliphatic heterocycles. The van der Waals surface area contributed by atoms with Crippen molar-refractivity contribution in [2.24, 2.45) is 0 Å². The molecule has 4 aromatic rings. The average molecular weight is 374 g/mol. The maximum absolute atomic E-state index is 6.30. The lowest BCUT2D eigenvalue weighted by molar-refractivity contribution is 0.281. The number of hydrogen-bond acceptors (Lipinski definition) is 4. The van der Waals surface area contributed by atoms with Crippen molar-refractivity contribution in [3.05, 3.63) is 69.9 Å². The van der Waals surface area contributed by atoms with Crippen LogP contribution in [0.2, 0.25) is 10.0 Å². The minimum atomic E-state index is 0.215. The van der Waals surface area contributed by atoms with Crippen molar-refractivity contribution in [1.29, 1.82) is 0 Å². The lowest BCUT2D eigenvalue weighted by Gasteiger charge is -2.04. The van der Waals surface area contributed by atoms with Crippen LogP contribution in [0, 0.1) is 6.92 Å². The first-order valence-corrected chi connectivity index (χ1v) is 8.36. The zero-order chi connectivity index (χ0) is 17.4. The fourth-order valence-electron chi connectivity index (χ4n) is 2.60. The van der Waals surface area contributed by atoms with Crippen molar-refractivity contribution in [2.75, 3.05) is 0 Å². The number of ether oxygens (including phenoxy) is 1. The van der Waals surface area contributed by atoms with Crippen molar-refractivity contribution in [3.8, 4) is 17.3 Å². The Morgan fingerprint density at radius 3 is 2.52 bits per heavy atom. The first-order chi connectivity index (χ1) is 12.1. The minimum absolute atomic E-state index is 0.215. The molecule has 2 aromatic heterocycles. The molecule has 0 bridgehead atoms. The summed E-state index contributed by atoms with van der Waals surface area (Å²) in [6.45, 7) is 2.12. The Labute approximate surface area is 153 Å². The van der Waals surface area contributed by atoms with Crippen LogP contribution in [0.4, 0.5) is 0 Å². The third-order valence-electron chi connectivity index (χ3n) is 3.79. The lowest BCUT2D eigenvalue weighted by Crippen LogP contribution is -1.98. The van der Waals surface area contributed by atoms with Gasteiger partial charge in [-0.2, -0.15) is 4.52 Å². The summed E-state index contributed by atoms with van der Waals surface area (Å²) in [7, 11) is 0. The highest BCUT2D eigenvalue weighted by atomic mass is 35.5. The van der Waals surface area contributed by atoms with E-state index >= 15 is 0 Å². The summed E-state index contributed by atoms with van der Waals surface area (Å²) in [4.78, 5) is 4.27. The Balaban J connectivity index is 1.68. The summed E-state index contributed by atoms with van der Waals surface area (Å²) >= 11 is 12.4. The Kier molecular flexibility index (Phi) is 4.11. The van der Waals surface area contributed by atoms with Crippen molar-refractivity contribution in [3.63, 3.8) is 0 Å². The largest absolute Gasteiger partial charge is 0.457 e. The first-order valence-electron chi connectivity index (χ1n) is 7.61. The van der Waals surface area contributed by atoms with Gasteiger partial charge in [0.25, 0.3) is 0 Å².